The number of para-hydroxylation sites is 2. The number of esters is 1. The highest BCUT2D eigenvalue weighted by Gasteiger charge is 2.37. The van der Waals surface area contributed by atoms with Gasteiger partial charge >= 0.3 is 18.1 Å². The number of carbonyl (C=O) groups is 4. The predicted molar refractivity (Wildman–Crippen MR) is 247 cm³/mol. The number of nitrogens with one attached hydrogen (secondary N) is 5. The van der Waals surface area contributed by atoms with Gasteiger partial charge in [0.05, 0.1) is 17.1 Å². The van der Waals surface area contributed by atoms with Crippen molar-refractivity contribution >= 4 is 52.4 Å². The van der Waals surface area contributed by atoms with E-state index in [-0.39, 0.29) is 15.5 Å². The Kier molecular flexibility index (Phi) is 15.2. The molecule has 1 fully saturated rings. The Bertz CT molecular complexity index is 2290. The van der Waals surface area contributed by atoms with Crippen molar-refractivity contribution < 1.29 is 31.5 Å². The molecule has 1 saturated heterocycles. The second kappa shape index (κ2) is 20.7. The smallest absolute Gasteiger partial charge is 0.407 e. The van der Waals surface area contributed by atoms with Crippen molar-refractivity contribution in [1.82, 2.24) is 35.8 Å². The number of hydrogen-bond donors (Lipinski definition) is 5. The molecule has 3 aromatic carbocycles. The summed E-state index contributed by atoms with van der Waals surface area (Å²) in [7, 11) is 0. The van der Waals surface area contributed by atoms with Crippen LogP contribution in [-0.4, -0.2) is 94.5 Å². The molecule has 1 aliphatic heterocycles. The Morgan fingerprint density at radius 3 is 2.34 bits per heavy atom. The number of imidazole rings is 1. The molecule has 0 radical (unpaired) electrons. The molecule has 0 bridgehead atoms. The molecule has 0 spiro atoms. The first-order valence-corrected chi connectivity index (χ1v) is 22.5. The van der Waals surface area contributed by atoms with Crippen LogP contribution in [0.5, 0.6) is 0 Å². The summed E-state index contributed by atoms with van der Waals surface area (Å²) in [6.45, 7) is 11.9. The van der Waals surface area contributed by atoms with E-state index in [9.17, 15) is 19.2 Å². The number of fused-ring (bicyclic) bond motifs is 1. The van der Waals surface area contributed by atoms with Gasteiger partial charge in [-0.15, -0.1) is 11.8 Å². The van der Waals surface area contributed by atoms with Gasteiger partial charge in [-0.1, -0.05) is 60.7 Å². The fourth-order valence-corrected chi connectivity index (χ4v) is 7.99. The van der Waals surface area contributed by atoms with E-state index < -0.39 is 41.1 Å². The van der Waals surface area contributed by atoms with Crippen LogP contribution in [0.25, 0.3) is 10.9 Å². The molecular formula is C47H64N8O6S. The third-order valence-electron chi connectivity index (χ3n) is 11.0. The maximum absolute atomic E-state index is 14.1. The average molecular weight is 869 g/mol. The average Bonchev–Trinajstić information content (AvgIpc) is 3.93. The van der Waals surface area contributed by atoms with E-state index in [2.05, 4.69) is 49.2 Å². The summed E-state index contributed by atoms with van der Waals surface area (Å²) in [5.41, 5.74) is 2.66. The number of amides is 4. The molecule has 5 N–H and O–H groups in total. The van der Waals surface area contributed by atoms with Crippen LogP contribution in [-0.2, 0) is 37.5 Å². The summed E-state index contributed by atoms with van der Waals surface area (Å²) < 4.78 is 11.0. The molecule has 6 rings (SSSR count). The minimum atomic E-state index is -1.16. The molecule has 0 aliphatic carbocycles. The van der Waals surface area contributed by atoms with Gasteiger partial charge in [0.25, 0.3) is 0 Å². The number of H-pyrrole nitrogens is 2. The molecule has 62 heavy (non-hydrogen) atoms. The minimum Gasteiger partial charge on any atom is -0.458 e. The lowest BCUT2D eigenvalue weighted by Crippen LogP contribution is -2.52. The molecule has 2 aromatic heterocycles. The molecule has 4 amide bonds. The van der Waals surface area contributed by atoms with Crippen molar-refractivity contribution in [3.63, 3.8) is 0 Å². The van der Waals surface area contributed by atoms with Crippen LogP contribution in [0, 0.1) is 0 Å². The monoisotopic (exact) mass is 868 g/mol. The standard InChI is InChI=1S/C47H60N8O6S.2H2/c1-46(2,3)61-42(56)36(20-14-15-23-48-45(59)60-31-32-16-8-7-9-17-32)51-43(57)47(4,5)40-30-50-41(53-40)37(28-33-29-49-35-19-11-10-18-34(33)35)52-44(58)55-26-24-54(25-27-55)38-21-12-13-22-39(38)62-6;;/h7-13,16-19,21-22,29-30,36-37,49H,14-15,20,23-28,31H2,1-6H3,(H,48,59)(H,50,53)(H,51,57)(H,52,58);2*1H/t36-,37-;;/m1../s1. The highest BCUT2D eigenvalue weighted by Crippen LogP contribution is 2.30. The second-order valence-electron chi connectivity index (χ2n) is 17.1. The molecule has 3 heterocycles. The lowest BCUT2D eigenvalue weighted by molar-refractivity contribution is -0.159. The third kappa shape index (κ3) is 12.1. The van der Waals surface area contributed by atoms with Crippen LogP contribution in [0.15, 0.2) is 96.2 Å². The zero-order valence-corrected chi connectivity index (χ0v) is 37.4. The van der Waals surface area contributed by atoms with E-state index >= 15 is 0 Å². The number of urea groups is 1. The third-order valence-corrected chi connectivity index (χ3v) is 11.7. The summed E-state index contributed by atoms with van der Waals surface area (Å²) in [4.78, 5) is 70.6. The molecule has 15 heteroatoms. The zero-order valence-electron chi connectivity index (χ0n) is 36.6. The molecular weight excluding hydrogens is 805 g/mol. The van der Waals surface area contributed by atoms with Crippen LogP contribution in [0.2, 0.25) is 0 Å². The Hall–Kier alpha value is -5.96. The highest BCUT2D eigenvalue weighted by atomic mass is 32.2. The quantitative estimate of drug-likeness (QED) is 0.0352. The number of benzene rings is 3. The topological polar surface area (TPSA) is 174 Å². The normalized spacial score (nSPS) is 14.2. The van der Waals surface area contributed by atoms with Gasteiger partial charge in [0, 0.05) is 75.9 Å². The number of aromatic nitrogens is 3. The van der Waals surface area contributed by atoms with Crippen molar-refractivity contribution in [1.29, 1.82) is 0 Å². The maximum Gasteiger partial charge on any atom is 0.407 e. The van der Waals surface area contributed by atoms with Crippen molar-refractivity contribution in [2.24, 2.45) is 0 Å². The first-order chi connectivity index (χ1) is 29.7. The largest absolute Gasteiger partial charge is 0.458 e. The summed E-state index contributed by atoms with van der Waals surface area (Å²) in [5, 5.41) is 10.0. The minimum absolute atomic E-state index is 0. The lowest BCUT2D eigenvalue weighted by atomic mass is 9.88. The van der Waals surface area contributed by atoms with Gasteiger partial charge in [-0.3, -0.25) is 4.79 Å². The zero-order chi connectivity index (χ0) is 44.3. The summed E-state index contributed by atoms with van der Waals surface area (Å²) in [6, 6.07) is 24.1. The van der Waals surface area contributed by atoms with Gasteiger partial charge < -0.3 is 45.2 Å². The van der Waals surface area contributed by atoms with Crippen LogP contribution < -0.4 is 20.9 Å². The first kappa shape index (κ1) is 45.6. The Balaban J connectivity index is 0.00000449. The van der Waals surface area contributed by atoms with Crippen LogP contribution in [0.3, 0.4) is 0 Å². The van der Waals surface area contributed by atoms with Crippen molar-refractivity contribution in [2.75, 3.05) is 43.9 Å². The second-order valence-corrected chi connectivity index (χ2v) is 17.9. The fraction of sp³-hybridized carbons (Fsp3) is 0.426. The number of ether oxygens (including phenoxy) is 2. The Labute approximate surface area is 371 Å². The molecule has 5 aromatic rings. The lowest BCUT2D eigenvalue weighted by Gasteiger charge is -2.37. The number of anilines is 1. The number of nitrogens with zero attached hydrogens (tertiary/aromatic N) is 3. The van der Waals surface area contributed by atoms with E-state index in [1.165, 1.54) is 10.6 Å². The molecule has 334 valence electrons. The summed E-state index contributed by atoms with van der Waals surface area (Å²) in [5.74, 6) is -0.437. The van der Waals surface area contributed by atoms with Crippen LogP contribution >= 0.6 is 11.8 Å². The van der Waals surface area contributed by atoms with Crippen molar-refractivity contribution in [2.45, 2.75) is 94.9 Å². The molecule has 2 atom stereocenters. The van der Waals surface area contributed by atoms with Crippen molar-refractivity contribution in [3.8, 4) is 0 Å². The van der Waals surface area contributed by atoms with Gasteiger partial charge in [-0.25, -0.2) is 19.4 Å². The fourth-order valence-electron chi connectivity index (χ4n) is 7.37. The number of aromatic amines is 2. The number of unbranched alkanes of at least 4 members (excludes halogenated alkanes) is 1. The molecule has 14 nitrogen and oxygen atoms in total. The first-order valence-electron chi connectivity index (χ1n) is 21.2. The predicted octanol–water partition coefficient (Wildman–Crippen LogP) is 8.12. The van der Waals surface area contributed by atoms with E-state index in [4.69, 9.17) is 14.5 Å². The Morgan fingerprint density at radius 2 is 1.60 bits per heavy atom. The summed E-state index contributed by atoms with van der Waals surface area (Å²) >= 11 is 1.71. The highest BCUT2D eigenvalue weighted by molar-refractivity contribution is 7.98. The van der Waals surface area contributed by atoms with Crippen LogP contribution in [0.1, 0.15) is 85.4 Å². The van der Waals surface area contributed by atoms with E-state index in [1.807, 2.05) is 77.8 Å². The van der Waals surface area contributed by atoms with E-state index in [0.29, 0.717) is 69.9 Å². The molecule has 1 aliphatic rings. The SMILES string of the molecule is CSc1ccccc1N1CCN(C(=O)N[C@H](Cc2c[nH]c3ccccc23)c2ncc(C(C)(C)C(=O)N[C@H](CCCCNC(=O)OCc3ccccc3)C(=O)OC(C)(C)C)[nH]2)CC1.[HH].[HH]. The van der Waals surface area contributed by atoms with Gasteiger partial charge in [0.15, 0.2) is 0 Å². The maximum atomic E-state index is 14.1. The van der Waals surface area contributed by atoms with Gasteiger partial charge in [-0.05, 0) is 89.5 Å². The van der Waals surface area contributed by atoms with Gasteiger partial charge in [0.2, 0.25) is 5.91 Å². The van der Waals surface area contributed by atoms with Crippen LogP contribution in [0.4, 0.5) is 15.3 Å². The van der Waals surface area contributed by atoms with Gasteiger partial charge in [-0.2, -0.15) is 0 Å². The summed E-state index contributed by atoms with van der Waals surface area (Å²) in [6.07, 6.45) is 6.93. The Morgan fingerprint density at radius 1 is 0.887 bits per heavy atom. The number of piperazine rings is 1. The number of rotatable bonds is 17. The van der Waals surface area contributed by atoms with E-state index in [0.717, 1.165) is 22.0 Å². The number of hydrogen-bond acceptors (Lipinski definition) is 9. The molecule has 0 saturated carbocycles. The van der Waals surface area contributed by atoms with Gasteiger partial charge in [0.1, 0.15) is 24.1 Å². The van der Waals surface area contributed by atoms with E-state index in [1.54, 1.807) is 52.6 Å². The molecule has 0 unspecified atom stereocenters. The number of carbonyl (C=O) groups excluding carboxylic acids is 4. The van der Waals surface area contributed by atoms with Crippen molar-refractivity contribution in [3.05, 3.63) is 114 Å². The number of alkyl carbamates (subject to hydrolysis) is 1. The number of thioether (sulfide) groups is 1.